The Balaban J connectivity index is 1.88. The quantitative estimate of drug-likeness (QED) is 0.736. The topological polar surface area (TPSA) is 21.3 Å². The molecular weight excluding hydrogens is 266 g/mol. The van der Waals surface area contributed by atoms with Gasteiger partial charge in [-0.15, -0.1) is 0 Å². The normalized spacial score (nSPS) is 14.8. The van der Waals surface area contributed by atoms with Gasteiger partial charge in [-0.2, -0.15) is 11.8 Å². The zero-order valence-electron chi connectivity index (χ0n) is 10.7. The van der Waals surface area contributed by atoms with Gasteiger partial charge in [-0.3, -0.25) is 0 Å². The molecule has 0 heterocycles. The minimum Gasteiger partial charge on any atom is -0.492 e. The van der Waals surface area contributed by atoms with Crippen molar-refractivity contribution in [1.29, 1.82) is 0 Å². The standard InChI is InChI=1S/C14H20ClNOS/c1-2-18-8-7-17-14-6-3-12(15)9-11(14)10-16-13-4-5-13/h3,6,9,13,16H,2,4-5,7-8,10H2,1H3. The van der Waals surface area contributed by atoms with Gasteiger partial charge in [-0.25, -0.2) is 0 Å². The summed E-state index contributed by atoms with van der Waals surface area (Å²) >= 11 is 7.94. The highest BCUT2D eigenvalue weighted by Gasteiger charge is 2.20. The lowest BCUT2D eigenvalue weighted by Crippen LogP contribution is -2.16. The minimum atomic E-state index is 0.701. The smallest absolute Gasteiger partial charge is 0.123 e. The summed E-state index contributed by atoms with van der Waals surface area (Å²) in [4.78, 5) is 0. The van der Waals surface area contributed by atoms with E-state index in [1.807, 2.05) is 30.0 Å². The summed E-state index contributed by atoms with van der Waals surface area (Å²) in [5.41, 5.74) is 1.16. The van der Waals surface area contributed by atoms with E-state index in [0.29, 0.717) is 6.04 Å². The third-order valence-corrected chi connectivity index (χ3v) is 3.97. The van der Waals surface area contributed by atoms with Crippen LogP contribution in [0.4, 0.5) is 0 Å². The number of benzene rings is 1. The molecule has 18 heavy (non-hydrogen) atoms. The van der Waals surface area contributed by atoms with Gasteiger partial charge in [0.05, 0.1) is 6.61 Å². The van der Waals surface area contributed by atoms with Gasteiger partial charge in [0.1, 0.15) is 5.75 Å². The highest BCUT2D eigenvalue weighted by atomic mass is 35.5. The molecule has 0 aromatic heterocycles. The first-order chi connectivity index (χ1) is 8.79. The van der Waals surface area contributed by atoms with Crippen molar-refractivity contribution in [1.82, 2.24) is 5.32 Å². The van der Waals surface area contributed by atoms with Crippen molar-refractivity contribution in [2.75, 3.05) is 18.1 Å². The molecule has 2 nitrogen and oxygen atoms in total. The summed E-state index contributed by atoms with van der Waals surface area (Å²) in [6.45, 7) is 3.77. The van der Waals surface area contributed by atoms with Crippen LogP contribution in [0.25, 0.3) is 0 Å². The minimum absolute atomic E-state index is 0.701. The van der Waals surface area contributed by atoms with E-state index in [1.54, 1.807) is 0 Å². The van der Waals surface area contributed by atoms with Gasteiger partial charge in [-0.1, -0.05) is 18.5 Å². The Morgan fingerprint density at radius 1 is 1.44 bits per heavy atom. The van der Waals surface area contributed by atoms with Crippen molar-refractivity contribution in [2.45, 2.75) is 32.4 Å². The molecule has 0 saturated heterocycles. The first kappa shape index (κ1) is 14.0. The summed E-state index contributed by atoms with van der Waals surface area (Å²) in [6, 6.07) is 6.57. The summed E-state index contributed by atoms with van der Waals surface area (Å²) in [5.74, 6) is 3.14. The molecule has 0 unspecified atom stereocenters. The van der Waals surface area contributed by atoms with Gasteiger partial charge in [0, 0.05) is 28.9 Å². The number of ether oxygens (including phenoxy) is 1. The first-order valence-electron chi connectivity index (χ1n) is 6.52. The second-order valence-electron chi connectivity index (χ2n) is 4.45. The summed E-state index contributed by atoms with van der Waals surface area (Å²) in [5, 5.41) is 4.27. The molecule has 0 radical (unpaired) electrons. The van der Waals surface area contributed by atoms with E-state index in [2.05, 4.69) is 12.2 Å². The van der Waals surface area contributed by atoms with Gasteiger partial charge in [0.2, 0.25) is 0 Å². The number of thioether (sulfide) groups is 1. The Hall–Kier alpha value is -0.380. The Bertz CT molecular complexity index is 382. The van der Waals surface area contributed by atoms with Gasteiger partial charge in [-0.05, 0) is 36.8 Å². The molecule has 1 fully saturated rings. The third kappa shape index (κ3) is 4.71. The molecule has 1 aliphatic carbocycles. The molecular formula is C14H20ClNOS. The molecule has 0 aliphatic heterocycles. The molecule has 0 bridgehead atoms. The fourth-order valence-electron chi connectivity index (χ4n) is 1.72. The molecule has 0 amide bonds. The maximum atomic E-state index is 6.04. The first-order valence-corrected chi connectivity index (χ1v) is 8.05. The Kier molecular flexibility index (Phi) is 5.67. The Morgan fingerprint density at radius 3 is 3.00 bits per heavy atom. The number of rotatable bonds is 8. The van der Waals surface area contributed by atoms with Gasteiger partial charge < -0.3 is 10.1 Å². The van der Waals surface area contributed by atoms with Crippen LogP contribution in [0.15, 0.2) is 18.2 Å². The molecule has 1 saturated carbocycles. The molecule has 1 N–H and O–H groups in total. The molecule has 4 heteroatoms. The van der Waals surface area contributed by atoms with Gasteiger partial charge in [0.25, 0.3) is 0 Å². The number of halogens is 1. The molecule has 1 aliphatic rings. The van der Waals surface area contributed by atoms with Crippen molar-refractivity contribution in [3.05, 3.63) is 28.8 Å². The van der Waals surface area contributed by atoms with Crippen LogP contribution in [-0.2, 0) is 6.54 Å². The molecule has 2 rings (SSSR count). The lowest BCUT2D eigenvalue weighted by molar-refractivity contribution is 0.339. The van der Waals surface area contributed by atoms with Crippen LogP contribution < -0.4 is 10.1 Å². The fraction of sp³-hybridized carbons (Fsp3) is 0.571. The fourth-order valence-corrected chi connectivity index (χ4v) is 2.41. The number of nitrogens with one attached hydrogen (secondary N) is 1. The van der Waals surface area contributed by atoms with Crippen LogP contribution in [0.3, 0.4) is 0 Å². The van der Waals surface area contributed by atoms with Crippen LogP contribution in [0.1, 0.15) is 25.3 Å². The highest BCUT2D eigenvalue weighted by Crippen LogP contribution is 2.25. The summed E-state index contributed by atoms with van der Waals surface area (Å²) in [7, 11) is 0. The average Bonchev–Trinajstić information content (AvgIpc) is 3.18. The SMILES string of the molecule is CCSCCOc1ccc(Cl)cc1CNC1CC1. The van der Waals surface area contributed by atoms with Crippen LogP contribution in [-0.4, -0.2) is 24.2 Å². The average molecular weight is 286 g/mol. The monoisotopic (exact) mass is 285 g/mol. The van der Waals surface area contributed by atoms with Crippen LogP contribution >= 0.6 is 23.4 Å². The van der Waals surface area contributed by atoms with E-state index in [1.165, 1.54) is 12.8 Å². The molecule has 0 spiro atoms. The van der Waals surface area contributed by atoms with Crippen LogP contribution in [0.2, 0.25) is 5.02 Å². The third-order valence-electron chi connectivity index (χ3n) is 2.87. The van der Waals surface area contributed by atoms with E-state index in [4.69, 9.17) is 16.3 Å². The van der Waals surface area contributed by atoms with E-state index in [9.17, 15) is 0 Å². The van der Waals surface area contributed by atoms with Crippen molar-refractivity contribution in [3.8, 4) is 5.75 Å². The molecule has 1 aromatic rings. The Morgan fingerprint density at radius 2 is 2.28 bits per heavy atom. The Labute approximate surface area is 118 Å². The lowest BCUT2D eigenvalue weighted by atomic mass is 10.2. The summed E-state index contributed by atoms with van der Waals surface area (Å²) in [6.07, 6.45) is 2.59. The second-order valence-corrected chi connectivity index (χ2v) is 6.28. The van der Waals surface area contributed by atoms with Gasteiger partial charge >= 0.3 is 0 Å². The number of hydrogen-bond acceptors (Lipinski definition) is 3. The molecule has 1 aromatic carbocycles. The maximum absolute atomic E-state index is 6.04. The van der Waals surface area contributed by atoms with E-state index in [0.717, 1.165) is 41.0 Å². The van der Waals surface area contributed by atoms with E-state index in [-0.39, 0.29) is 0 Å². The zero-order chi connectivity index (χ0) is 12.8. The van der Waals surface area contributed by atoms with Crippen molar-refractivity contribution >= 4 is 23.4 Å². The van der Waals surface area contributed by atoms with Crippen LogP contribution in [0, 0.1) is 0 Å². The predicted octanol–water partition coefficient (Wildman–Crippen LogP) is 3.72. The highest BCUT2D eigenvalue weighted by molar-refractivity contribution is 7.99. The predicted molar refractivity (Wildman–Crippen MR) is 79.8 cm³/mol. The zero-order valence-corrected chi connectivity index (χ0v) is 12.3. The largest absolute Gasteiger partial charge is 0.492 e. The second kappa shape index (κ2) is 7.27. The summed E-state index contributed by atoms with van der Waals surface area (Å²) < 4.78 is 5.83. The van der Waals surface area contributed by atoms with Crippen molar-refractivity contribution in [2.24, 2.45) is 0 Å². The maximum Gasteiger partial charge on any atom is 0.123 e. The van der Waals surface area contributed by atoms with Crippen LogP contribution in [0.5, 0.6) is 5.75 Å². The van der Waals surface area contributed by atoms with E-state index < -0.39 is 0 Å². The molecule has 100 valence electrons. The lowest BCUT2D eigenvalue weighted by Gasteiger charge is -2.12. The van der Waals surface area contributed by atoms with E-state index >= 15 is 0 Å². The van der Waals surface area contributed by atoms with Crippen molar-refractivity contribution < 1.29 is 4.74 Å². The van der Waals surface area contributed by atoms with Crippen molar-refractivity contribution in [3.63, 3.8) is 0 Å². The van der Waals surface area contributed by atoms with Gasteiger partial charge in [0.15, 0.2) is 0 Å². The number of hydrogen-bond donors (Lipinski definition) is 1. The molecule has 0 atom stereocenters.